The number of carbonyl (C=O) groups is 3. The number of nitrogens with one attached hydrogen (secondary N) is 1. The predicted octanol–water partition coefficient (Wildman–Crippen LogP) is 2.69. The van der Waals surface area contributed by atoms with Gasteiger partial charge in [0.05, 0.1) is 11.1 Å². The van der Waals surface area contributed by atoms with Crippen molar-refractivity contribution in [3.63, 3.8) is 0 Å². The Labute approximate surface area is 167 Å². The largest absolute Gasteiger partial charge is 0.355 e. The van der Waals surface area contributed by atoms with E-state index >= 15 is 0 Å². The second kappa shape index (κ2) is 9.32. The van der Waals surface area contributed by atoms with Crippen molar-refractivity contribution in [2.24, 2.45) is 5.92 Å². The van der Waals surface area contributed by atoms with Gasteiger partial charge in [0.25, 0.3) is 11.8 Å². The van der Waals surface area contributed by atoms with Crippen molar-refractivity contribution in [2.45, 2.75) is 52.0 Å². The van der Waals surface area contributed by atoms with Crippen molar-refractivity contribution < 1.29 is 14.4 Å². The van der Waals surface area contributed by atoms with Gasteiger partial charge in [-0.25, -0.2) is 0 Å². The molecule has 0 bridgehead atoms. The molecule has 0 spiro atoms. The van der Waals surface area contributed by atoms with Crippen LogP contribution in [0.15, 0.2) is 24.3 Å². The van der Waals surface area contributed by atoms with Gasteiger partial charge >= 0.3 is 0 Å². The summed E-state index contributed by atoms with van der Waals surface area (Å²) in [7, 11) is 0. The number of nitrogens with zero attached hydrogens (tertiary/aromatic N) is 2. The zero-order valence-electron chi connectivity index (χ0n) is 16.9. The van der Waals surface area contributed by atoms with E-state index in [0.29, 0.717) is 42.5 Å². The number of carbonyl (C=O) groups excluding carboxylic acids is 3. The molecule has 6 nitrogen and oxygen atoms in total. The molecule has 1 aromatic rings. The van der Waals surface area contributed by atoms with Crippen LogP contribution in [-0.4, -0.2) is 59.7 Å². The highest BCUT2D eigenvalue weighted by molar-refractivity contribution is 6.21. The first-order valence-electron chi connectivity index (χ1n) is 10.4. The minimum absolute atomic E-state index is 0.00966. The summed E-state index contributed by atoms with van der Waals surface area (Å²) >= 11 is 0. The van der Waals surface area contributed by atoms with Crippen molar-refractivity contribution in [1.29, 1.82) is 0 Å². The zero-order chi connectivity index (χ0) is 20.1. The Morgan fingerprint density at radius 3 is 2.25 bits per heavy atom. The fourth-order valence-electron chi connectivity index (χ4n) is 4.17. The SMILES string of the molecule is CC(C)CC(CNC(=O)CCCN1C(=O)c2ccccc2C1=O)N1CCCC1. The number of amides is 3. The summed E-state index contributed by atoms with van der Waals surface area (Å²) in [4.78, 5) is 40.7. The first-order chi connectivity index (χ1) is 13.5. The van der Waals surface area contributed by atoms with Crippen molar-refractivity contribution in [3.8, 4) is 0 Å². The molecule has 1 N–H and O–H groups in total. The maximum atomic E-state index is 12.3. The van der Waals surface area contributed by atoms with E-state index in [0.717, 1.165) is 19.5 Å². The van der Waals surface area contributed by atoms with E-state index < -0.39 is 0 Å². The number of hydrogen-bond donors (Lipinski definition) is 1. The lowest BCUT2D eigenvalue weighted by Gasteiger charge is -2.29. The van der Waals surface area contributed by atoms with Gasteiger partial charge in [0.2, 0.25) is 5.91 Å². The van der Waals surface area contributed by atoms with Gasteiger partial charge in [-0.1, -0.05) is 26.0 Å². The lowest BCUT2D eigenvalue weighted by Crippen LogP contribution is -2.43. The highest BCUT2D eigenvalue weighted by Crippen LogP contribution is 2.22. The molecule has 1 aromatic carbocycles. The summed E-state index contributed by atoms with van der Waals surface area (Å²) in [5, 5.41) is 3.06. The van der Waals surface area contributed by atoms with Gasteiger partial charge < -0.3 is 5.32 Å². The molecule has 28 heavy (non-hydrogen) atoms. The van der Waals surface area contributed by atoms with Crippen LogP contribution < -0.4 is 5.32 Å². The Hall–Kier alpha value is -2.21. The van der Waals surface area contributed by atoms with E-state index in [-0.39, 0.29) is 24.3 Å². The standard InChI is InChI=1S/C22H31N3O3/c1-16(2)14-17(24-11-5-6-12-24)15-23-20(26)10-7-13-25-21(27)18-8-3-4-9-19(18)22(25)28/h3-4,8-9,16-17H,5-7,10-15H2,1-2H3,(H,23,26). The lowest BCUT2D eigenvalue weighted by atomic mass is 10.0. The van der Waals surface area contributed by atoms with Gasteiger partial charge in [-0.3, -0.25) is 24.2 Å². The van der Waals surface area contributed by atoms with Gasteiger partial charge in [0.15, 0.2) is 0 Å². The molecule has 2 heterocycles. The van der Waals surface area contributed by atoms with Crippen LogP contribution in [0.25, 0.3) is 0 Å². The van der Waals surface area contributed by atoms with Crippen molar-refractivity contribution in [1.82, 2.24) is 15.1 Å². The summed E-state index contributed by atoms with van der Waals surface area (Å²) in [6, 6.07) is 7.26. The molecular weight excluding hydrogens is 354 g/mol. The first kappa shape index (κ1) is 20.5. The molecule has 1 fully saturated rings. The molecule has 0 radical (unpaired) electrons. The number of benzene rings is 1. The number of likely N-dealkylation sites (tertiary alicyclic amines) is 1. The quantitative estimate of drug-likeness (QED) is 0.664. The van der Waals surface area contributed by atoms with Crippen LogP contribution in [0, 0.1) is 5.92 Å². The third-order valence-corrected chi connectivity index (χ3v) is 5.60. The smallest absolute Gasteiger partial charge is 0.261 e. The van der Waals surface area contributed by atoms with Gasteiger partial charge in [0, 0.05) is 25.6 Å². The molecule has 1 unspecified atom stereocenters. The zero-order valence-corrected chi connectivity index (χ0v) is 16.9. The molecule has 6 heteroatoms. The molecule has 2 aliphatic rings. The number of imide groups is 1. The fraction of sp³-hybridized carbons (Fsp3) is 0.591. The van der Waals surface area contributed by atoms with E-state index in [9.17, 15) is 14.4 Å². The van der Waals surface area contributed by atoms with Crippen LogP contribution in [0.2, 0.25) is 0 Å². The van der Waals surface area contributed by atoms with E-state index in [4.69, 9.17) is 0 Å². The summed E-state index contributed by atoms with van der Waals surface area (Å²) in [6.07, 6.45) is 4.36. The van der Waals surface area contributed by atoms with Crippen molar-refractivity contribution in [3.05, 3.63) is 35.4 Å². The molecule has 0 saturated carbocycles. The average Bonchev–Trinajstić information content (AvgIpc) is 3.28. The van der Waals surface area contributed by atoms with Crippen molar-refractivity contribution in [2.75, 3.05) is 26.2 Å². The number of rotatable bonds is 9. The monoisotopic (exact) mass is 385 g/mol. The van der Waals surface area contributed by atoms with E-state index in [1.165, 1.54) is 17.7 Å². The third kappa shape index (κ3) is 4.79. The normalized spacial score (nSPS) is 18.0. The average molecular weight is 386 g/mol. The van der Waals surface area contributed by atoms with Crippen LogP contribution in [0.1, 0.15) is 66.7 Å². The number of fused-ring (bicyclic) bond motifs is 1. The summed E-state index contributed by atoms with van der Waals surface area (Å²) in [6.45, 7) is 7.62. The maximum Gasteiger partial charge on any atom is 0.261 e. The third-order valence-electron chi connectivity index (χ3n) is 5.60. The Kier molecular flexibility index (Phi) is 6.83. The Bertz CT molecular complexity index is 690. The molecule has 0 aromatic heterocycles. The summed E-state index contributed by atoms with van der Waals surface area (Å²) in [5.41, 5.74) is 0.915. The Morgan fingerprint density at radius 1 is 1.07 bits per heavy atom. The summed E-state index contributed by atoms with van der Waals surface area (Å²) in [5.74, 6) is 0.0694. The van der Waals surface area contributed by atoms with Gasteiger partial charge in [-0.15, -0.1) is 0 Å². The van der Waals surface area contributed by atoms with Crippen molar-refractivity contribution >= 4 is 17.7 Å². The number of hydrogen-bond acceptors (Lipinski definition) is 4. The van der Waals surface area contributed by atoms with Crippen LogP contribution in [-0.2, 0) is 4.79 Å². The Balaban J connectivity index is 1.43. The lowest BCUT2D eigenvalue weighted by molar-refractivity contribution is -0.121. The van der Waals surface area contributed by atoms with E-state index in [1.54, 1.807) is 24.3 Å². The minimum atomic E-state index is -0.257. The molecule has 1 saturated heterocycles. The fourth-order valence-corrected chi connectivity index (χ4v) is 4.17. The van der Waals surface area contributed by atoms with Gasteiger partial charge in [-0.2, -0.15) is 0 Å². The second-order valence-electron chi connectivity index (χ2n) is 8.24. The van der Waals surface area contributed by atoms with E-state index in [1.807, 2.05) is 0 Å². The molecule has 152 valence electrons. The van der Waals surface area contributed by atoms with Gasteiger partial charge in [0.1, 0.15) is 0 Å². The van der Waals surface area contributed by atoms with Crippen LogP contribution in [0.5, 0.6) is 0 Å². The molecular formula is C22H31N3O3. The molecule has 2 aliphatic heterocycles. The highest BCUT2D eigenvalue weighted by Gasteiger charge is 2.34. The van der Waals surface area contributed by atoms with Crippen LogP contribution >= 0.6 is 0 Å². The molecule has 3 amide bonds. The highest BCUT2D eigenvalue weighted by atomic mass is 16.2. The topological polar surface area (TPSA) is 69.7 Å². The summed E-state index contributed by atoms with van der Waals surface area (Å²) < 4.78 is 0. The molecule has 0 aliphatic carbocycles. The van der Waals surface area contributed by atoms with Gasteiger partial charge in [-0.05, 0) is 56.8 Å². The predicted molar refractivity (Wildman–Crippen MR) is 108 cm³/mol. The molecule has 1 atom stereocenters. The Morgan fingerprint density at radius 2 is 1.68 bits per heavy atom. The van der Waals surface area contributed by atoms with Crippen LogP contribution in [0.4, 0.5) is 0 Å². The second-order valence-corrected chi connectivity index (χ2v) is 8.24. The minimum Gasteiger partial charge on any atom is -0.355 e. The first-order valence-corrected chi connectivity index (χ1v) is 10.4. The van der Waals surface area contributed by atoms with E-state index in [2.05, 4.69) is 24.1 Å². The molecule has 3 rings (SSSR count). The van der Waals surface area contributed by atoms with Crippen LogP contribution in [0.3, 0.4) is 0 Å². The maximum absolute atomic E-state index is 12.3.